The number of hydrogen-bond donors (Lipinski definition) is 0. The maximum atomic E-state index is 5.78. The fourth-order valence-corrected chi connectivity index (χ4v) is 1.80. The summed E-state index contributed by atoms with van der Waals surface area (Å²) >= 11 is 0. The first kappa shape index (κ1) is 11.8. The molecule has 1 aliphatic heterocycles. The van der Waals surface area contributed by atoms with E-state index in [1.807, 2.05) is 12.1 Å². The van der Waals surface area contributed by atoms with Crippen LogP contribution in [0.3, 0.4) is 0 Å². The highest BCUT2D eigenvalue weighted by Crippen LogP contribution is 2.30. The third-order valence-electron chi connectivity index (χ3n) is 2.73. The minimum Gasteiger partial charge on any atom is -0.493 e. The van der Waals surface area contributed by atoms with Crippen LogP contribution in [0, 0.1) is 12.3 Å². The predicted molar refractivity (Wildman–Crippen MR) is 65.1 cm³/mol. The second-order valence-corrected chi connectivity index (χ2v) is 3.92. The molecule has 0 amide bonds. The zero-order valence-electron chi connectivity index (χ0n) is 9.94. The molecule has 1 aliphatic rings. The molecule has 3 heteroatoms. The van der Waals surface area contributed by atoms with E-state index in [0.29, 0.717) is 11.5 Å². The highest BCUT2D eigenvalue weighted by molar-refractivity contribution is 5.47. The molecule has 0 bridgehead atoms. The van der Waals surface area contributed by atoms with Crippen molar-refractivity contribution in [2.24, 2.45) is 0 Å². The molecule has 1 atom stereocenters. The van der Waals surface area contributed by atoms with Crippen molar-refractivity contribution in [3.8, 4) is 23.8 Å². The van der Waals surface area contributed by atoms with Crippen molar-refractivity contribution in [3.63, 3.8) is 0 Å². The molecule has 1 unspecified atom stereocenters. The van der Waals surface area contributed by atoms with Crippen LogP contribution in [-0.2, 0) is 4.74 Å². The van der Waals surface area contributed by atoms with E-state index in [0.717, 1.165) is 31.4 Å². The monoisotopic (exact) mass is 232 g/mol. The van der Waals surface area contributed by atoms with Gasteiger partial charge in [0.15, 0.2) is 17.8 Å². The van der Waals surface area contributed by atoms with Crippen molar-refractivity contribution in [2.75, 3.05) is 13.7 Å². The van der Waals surface area contributed by atoms with Crippen LogP contribution in [0.25, 0.3) is 0 Å². The molecule has 0 radical (unpaired) electrons. The molecular weight excluding hydrogens is 216 g/mol. The maximum Gasteiger partial charge on any atom is 0.200 e. The molecule has 0 aliphatic carbocycles. The normalized spacial score (nSPS) is 19.4. The van der Waals surface area contributed by atoms with Crippen molar-refractivity contribution in [1.29, 1.82) is 0 Å². The highest BCUT2D eigenvalue weighted by Gasteiger charge is 2.17. The topological polar surface area (TPSA) is 27.7 Å². The summed E-state index contributed by atoms with van der Waals surface area (Å²) in [6.45, 7) is 0.752. The van der Waals surface area contributed by atoms with Crippen LogP contribution in [0.15, 0.2) is 18.2 Å². The number of methoxy groups -OCH3 is 1. The molecule has 0 spiro atoms. The summed E-state index contributed by atoms with van der Waals surface area (Å²) in [5.74, 6) is 3.91. The van der Waals surface area contributed by atoms with Gasteiger partial charge in [0, 0.05) is 12.0 Å². The van der Waals surface area contributed by atoms with Gasteiger partial charge in [-0.3, -0.25) is 0 Å². The number of hydrogen-bond acceptors (Lipinski definition) is 3. The van der Waals surface area contributed by atoms with E-state index in [9.17, 15) is 0 Å². The van der Waals surface area contributed by atoms with Gasteiger partial charge in [-0.1, -0.05) is 5.92 Å². The van der Waals surface area contributed by atoms with Gasteiger partial charge < -0.3 is 14.2 Å². The molecule has 0 aromatic heterocycles. The zero-order valence-corrected chi connectivity index (χ0v) is 9.94. The van der Waals surface area contributed by atoms with E-state index in [1.165, 1.54) is 0 Å². The van der Waals surface area contributed by atoms with Crippen LogP contribution >= 0.6 is 0 Å². The summed E-state index contributed by atoms with van der Waals surface area (Å²) in [6.07, 6.45) is 8.31. The van der Waals surface area contributed by atoms with Crippen molar-refractivity contribution < 1.29 is 14.2 Å². The summed E-state index contributed by atoms with van der Waals surface area (Å²) in [5, 5.41) is 0. The van der Waals surface area contributed by atoms with Crippen LogP contribution in [-0.4, -0.2) is 20.0 Å². The Bertz CT molecular complexity index is 414. The van der Waals surface area contributed by atoms with E-state index < -0.39 is 0 Å². The molecule has 1 aromatic rings. The van der Waals surface area contributed by atoms with Crippen LogP contribution in [0.2, 0.25) is 0 Å². The average molecular weight is 232 g/mol. The summed E-state index contributed by atoms with van der Waals surface area (Å²) in [6, 6.07) is 5.44. The van der Waals surface area contributed by atoms with Gasteiger partial charge in [0.25, 0.3) is 0 Å². The van der Waals surface area contributed by atoms with E-state index in [-0.39, 0.29) is 6.29 Å². The Hall–Kier alpha value is -1.66. The molecule has 1 fully saturated rings. The van der Waals surface area contributed by atoms with Crippen molar-refractivity contribution in [1.82, 2.24) is 0 Å². The number of rotatable bonds is 3. The second kappa shape index (κ2) is 5.60. The van der Waals surface area contributed by atoms with Gasteiger partial charge in [0.1, 0.15) is 0 Å². The maximum absolute atomic E-state index is 5.78. The minimum atomic E-state index is -0.189. The number of terminal acetylenes is 1. The van der Waals surface area contributed by atoms with Crippen molar-refractivity contribution in [2.45, 2.75) is 25.6 Å². The van der Waals surface area contributed by atoms with Gasteiger partial charge in [-0.15, -0.1) is 6.42 Å². The van der Waals surface area contributed by atoms with Crippen LogP contribution in [0.5, 0.6) is 11.5 Å². The van der Waals surface area contributed by atoms with E-state index in [1.54, 1.807) is 13.2 Å². The molecule has 1 heterocycles. The smallest absolute Gasteiger partial charge is 0.200 e. The summed E-state index contributed by atoms with van der Waals surface area (Å²) in [4.78, 5) is 0. The van der Waals surface area contributed by atoms with Gasteiger partial charge in [-0.2, -0.15) is 0 Å². The number of ether oxygens (including phenoxy) is 3. The molecule has 1 saturated heterocycles. The zero-order chi connectivity index (χ0) is 12.1. The first-order valence-electron chi connectivity index (χ1n) is 5.76. The summed E-state index contributed by atoms with van der Waals surface area (Å²) in [7, 11) is 1.61. The number of benzene rings is 1. The van der Waals surface area contributed by atoms with Crippen molar-refractivity contribution >= 4 is 0 Å². The first-order chi connectivity index (χ1) is 8.33. The van der Waals surface area contributed by atoms with Crippen molar-refractivity contribution in [3.05, 3.63) is 23.8 Å². The Morgan fingerprint density at radius 1 is 1.35 bits per heavy atom. The molecule has 0 saturated carbocycles. The lowest BCUT2D eigenvalue weighted by atomic mass is 10.2. The Balaban J connectivity index is 2.14. The molecule has 1 aromatic carbocycles. The lowest BCUT2D eigenvalue weighted by Gasteiger charge is -2.24. The molecule has 3 nitrogen and oxygen atoms in total. The second-order valence-electron chi connectivity index (χ2n) is 3.92. The predicted octanol–water partition coefficient (Wildman–Crippen LogP) is 2.58. The Morgan fingerprint density at radius 2 is 2.24 bits per heavy atom. The largest absolute Gasteiger partial charge is 0.493 e. The Labute approximate surface area is 102 Å². The molecule has 0 N–H and O–H groups in total. The summed E-state index contributed by atoms with van der Waals surface area (Å²) < 4.78 is 16.5. The SMILES string of the molecule is C#Cc1ccc(OC)c(OC2CCCCO2)c1. The van der Waals surface area contributed by atoms with Gasteiger partial charge >= 0.3 is 0 Å². The Kier molecular flexibility index (Phi) is 3.89. The third kappa shape index (κ3) is 2.92. The first-order valence-corrected chi connectivity index (χ1v) is 5.76. The van der Waals surface area contributed by atoms with Crippen LogP contribution in [0.4, 0.5) is 0 Å². The van der Waals surface area contributed by atoms with Gasteiger partial charge in [-0.05, 0) is 31.0 Å². The molecule has 17 heavy (non-hydrogen) atoms. The average Bonchev–Trinajstić information content (AvgIpc) is 2.40. The fourth-order valence-electron chi connectivity index (χ4n) is 1.80. The summed E-state index contributed by atoms with van der Waals surface area (Å²) in [5.41, 5.74) is 0.775. The fraction of sp³-hybridized carbons (Fsp3) is 0.429. The van der Waals surface area contributed by atoms with Gasteiger partial charge in [0.05, 0.1) is 13.7 Å². The standard InChI is InChI=1S/C14H16O3/c1-3-11-7-8-12(15-2)13(10-11)17-14-6-4-5-9-16-14/h1,7-8,10,14H,4-6,9H2,2H3. The van der Waals surface area contributed by atoms with Crippen LogP contribution in [0.1, 0.15) is 24.8 Å². The lowest BCUT2D eigenvalue weighted by Crippen LogP contribution is -2.25. The van der Waals surface area contributed by atoms with E-state index in [2.05, 4.69) is 5.92 Å². The third-order valence-corrected chi connectivity index (χ3v) is 2.73. The molecular formula is C14H16O3. The quantitative estimate of drug-likeness (QED) is 0.750. The molecule has 2 rings (SSSR count). The van der Waals surface area contributed by atoms with E-state index in [4.69, 9.17) is 20.6 Å². The van der Waals surface area contributed by atoms with E-state index >= 15 is 0 Å². The molecule has 90 valence electrons. The highest BCUT2D eigenvalue weighted by atomic mass is 16.7. The Morgan fingerprint density at radius 3 is 2.88 bits per heavy atom. The van der Waals surface area contributed by atoms with Gasteiger partial charge in [0.2, 0.25) is 0 Å². The lowest BCUT2D eigenvalue weighted by molar-refractivity contribution is -0.106. The minimum absolute atomic E-state index is 0.189. The van der Waals surface area contributed by atoms with Crippen LogP contribution < -0.4 is 9.47 Å². The van der Waals surface area contributed by atoms with Gasteiger partial charge in [-0.25, -0.2) is 0 Å².